The molecule has 0 saturated heterocycles. The lowest BCUT2D eigenvalue weighted by Crippen LogP contribution is -2.14. The average Bonchev–Trinajstić information content (AvgIpc) is 2.93. The van der Waals surface area contributed by atoms with Crippen LogP contribution in [0.1, 0.15) is 37.9 Å². The number of hydrogen-bond acceptors (Lipinski definition) is 5. The van der Waals surface area contributed by atoms with Crippen LogP contribution in [0.4, 0.5) is 0 Å². The molecule has 102 valence electrons. The van der Waals surface area contributed by atoms with Gasteiger partial charge in [0.05, 0.1) is 17.8 Å². The van der Waals surface area contributed by atoms with E-state index in [1.165, 1.54) is 4.90 Å². The van der Waals surface area contributed by atoms with Crippen LogP contribution in [0.25, 0.3) is 0 Å². The van der Waals surface area contributed by atoms with E-state index >= 15 is 0 Å². The molecule has 1 aromatic heterocycles. The van der Waals surface area contributed by atoms with Crippen molar-refractivity contribution < 1.29 is 9.63 Å². The third-order valence-corrected chi connectivity index (χ3v) is 3.99. The van der Waals surface area contributed by atoms with E-state index in [-0.39, 0.29) is 5.92 Å². The molecule has 0 aliphatic heterocycles. The van der Waals surface area contributed by atoms with Gasteiger partial charge in [-0.15, -0.1) is 11.8 Å². The number of rotatable bonds is 6. The summed E-state index contributed by atoms with van der Waals surface area (Å²) >= 11 is 1.67. The largest absolute Gasteiger partial charge is 0.392 e. The number of benzene rings is 1. The Hall–Kier alpha value is -1.33. The SMILES string of the molecule is CCC(O)C(C)c1nc(CSc2ccccc2)no1. The van der Waals surface area contributed by atoms with Gasteiger partial charge in [-0.1, -0.05) is 37.2 Å². The summed E-state index contributed by atoms with van der Waals surface area (Å²) in [6, 6.07) is 10.1. The van der Waals surface area contributed by atoms with E-state index in [4.69, 9.17) is 4.52 Å². The fraction of sp³-hybridized carbons (Fsp3) is 0.429. The zero-order chi connectivity index (χ0) is 13.7. The molecule has 0 fully saturated rings. The second-order valence-electron chi connectivity index (χ2n) is 4.41. The maximum Gasteiger partial charge on any atom is 0.232 e. The first-order chi connectivity index (χ1) is 9.20. The van der Waals surface area contributed by atoms with Crippen LogP contribution >= 0.6 is 11.8 Å². The molecule has 0 spiro atoms. The summed E-state index contributed by atoms with van der Waals surface area (Å²) in [6.07, 6.45) is 0.243. The Morgan fingerprint density at radius 3 is 2.74 bits per heavy atom. The fourth-order valence-corrected chi connectivity index (χ4v) is 2.46. The molecule has 4 nitrogen and oxygen atoms in total. The topological polar surface area (TPSA) is 59.2 Å². The van der Waals surface area contributed by atoms with Crippen molar-refractivity contribution in [3.63, 3.8) is 0 Å². The molecule has 0 aliphatic rings. The smallest absolute Gasteiger partial charge is 0.232 e. The van der Waals surface area contributed by atoms with Crippen LogP contribution < -0.4 is 0 Å². The van der Waals surface area contributed by atoms with Gasteiger partial charge in [0.25, 0.3) is 0 Å². The quantitative estimate of drug-likeness (QED) is 0.822. The van der Waals surface area contributed by atoms with Crippen molar-refractivity contribution in [1.82, 2.24) is 10.1 Å². The highest BCUT2D eigenvalue weighted by molar-refractivity contribution is 7.98. The summed E-state index contributed by atoms with van der Waals surface area (Å²) in [4.78, 5) is 5.51. The van der Waals surface area contributed by atoms with Gasteiger partial charge in [0.15, 0.2) is 5.82 Å². The van der Waals surface area contributed by atoms with E-state index in [0.29, 0.717) is 23.9 Å². The number of nitrogens with zero attached hydrogens (tertiary/aromatic N) is 2. The van der Waals surface area contributed by atoms with E-state index in [9.17, 15) is 5.11 Å². The van der Waals surface area contributed by atoms with Crippen LogP contribution in [0, 0.1) is 0 Å². The van der Waals surface area contributed by atoms with E-state index in [1.807, 2.05) is 32.0 Å². The molecule has 1 aromatic carbocycles. The Labute approximate surface area is 117 Å². The predicted molar refractivity (Wildman–Crippen MR) is 75.0 cm³/mol. The van der Waals surface area contributed by atoms with E-state index in [2.05, 4.69) is 22.3 Å². The summed E-state index contributed by atoms with van der Waals surface area (Å²) in [5.74, 6) is 1.73. The Morgan fingerprint density at radius 2 is 2.05 bits per heavy atom. The predicted octanol–water partition coefficient (Wildman–Crippen LogP) is 3.24. The second-order valence-corrected chi connectivity index (χ2v) is 5.46. The van der Waals surface area contributed by atoms with Crippen LogP contribution in [0.2, 0.25) is 0 Å². The molecule has 2 unspecified atom stereocenters. The molecule has 0 amide bonds. The van der Waals surface area contributed by atoms with E-state index < -0.39 is 6.10 Å². The molecular formula is C14H18N2O2S. The first-order valence-electron chi connectivity index (χ1n) is 6.39. The highest BCUT2D eigenvalue weighted by Gasteiger charge is 2.20. The number of aliphatic hydroxyl groups excluding tert-OH is 1. The number of aromatic nitrogens is 2. The van der Waals surface area contributed by atoms with Gasteiger partial charge in [-0.3, -0.25) is 0 Å². The standard InChI is InChI=1S/C14H18N2O2S/c1-3-12(17)10(2)14-15-13(16-18-14)9-19-11-7-5-4-6-8-11/h4-8,10,12,17H,3,9H2,1-2H3. The van der Waals surface area contributed by atoms with Crippen LogP contribution in [0.3, 0.4) is 0 Å². The van der Waals surface area contributed by atoms with Crippen LogP contribution in [0.15, 0.2) is 39.8 Å². The lowest BCUT2D eigenvalue weighted by atomic mass is 10.0. The molecule has 1 heterocycles. The molecule has 1 N–H and O–H groups in total. The first kappa shape index (κ1) is 14.1. The van der Waals surface area contributed by atoms with Crippen molar-refractivity contribution in [2.45, 2.75) is 42.9 Å². The summed E-state index contributed by atoms with van der Waals surface area (Å²) in [7, 11) is 0. The molecule has 2 rings (SSSR count). The Balaban J connectivity index is 1.94. The highest BCUT2D eigenvalue weighted by atomic mass is 32.2. The summed E-state index contributed by atoms with van der Waals surface area (Å²) in [5.41, 5.74) is 0. The first-order valence-corrected chi connectivity index (χ1v) is 7.37. The van der Waals surface area contributed by atoms with Gasteiger partial charge in [0.2, 0.25) is 5.89 Å². The molecule has 0 bridgehead atoms. The minimum Gasteiger partial charge on any atom is -0.392 e. The Morgan fingerprint density at radius 1 is 1.32 bits per heavy atom. The average molecular weight is 278 g/mol. The van der Waals surface area contributed by atoms with Gasteiger partial charge in [0, 0.05) is 4.90 Å². The van der Waals surface area contributed by atoms with Crippen molar-refractivity contribution in [3.8, 4) is 0 Å². The van der Waals surface area contributed by atoms with E-state index in [0.717, 1.165) is 0 Å². The van der Waals surface area contributed by atoms with Crippen LogP contribution in [0.5, 0.6) is 0 Å². The van der Waals surface area contributed by atoms with Gasteiger partial charge in [-0.25, -0.2) is 0 Å². The Kier molecular flexibility index (Phi) is 4.99. The van der Waals surface area contributed by atoms with Crippen molar-refractivity contribution in [1.29, 1.82) is 0 Å². The van der Waals surface area contributed by atoms with Gasteiger partial charge >= 0.3 is 0 Å². The van der Waals surface area contributed by atoms with Gasteiger partial charge in [-0.05, 0) is 18.6 Å². The summed E-state index contributed by atoms with van der Waals surface area (Å²) in [5, 5.41) is 13.7. The lowest BCUT2D eigenvalue weighted by molar-refractivity contribution is 0.129. The zero-order valence-corrected chi connectivity index (χ0v) is 11.9. The van der Waals surface area contributed by atoms with Crippen LogP contribution in [-0.2, 0) is 5.75 Å². The molecule has 0 saturated carbocycles. The van der Waals surface area contributed by atoms with E-state index in [1.54, 1.807) is 11.8 Å². The van der Waals surface area contributed by atoms with Crippen LogP contribution in [-0.4, -0.2) is 21.4 Å². The van der Waals surface area contributed by atoms with Gasteiger partial charge in [-0.2, -0.15) is 4.98 Å². The second kappa shape index (κ2) is 6.73. The van der Waals surface area contributed by atoms with Gasteiger partial charge in [0.1, 0.15) is 0 Å². The Bertz CT molecular complexity index is 501. The maximum atomic E-state index is 9.76. The summed E-state index contributed by atoms with van der Waals surface area (Å²) < 4.78 is 5.20. The molecule has 0 radical (unpaired) electrons. The molecule has 0 aliphatic carbocycles. The third kappa shape index (κ3) is 3.81. The van der Waals surface area contributed by atoms with Crippen molar-refractivity contribution >= 4 is 11.8 Å². The summed E-state index contributed by atoms with van der Waals surface area (Å²) in [6.45, 7) is 3.83. The molecule has 5 heteroatoms. The number of thioether (sulfide) groups is 1. The maximum absolute atomic E-state index is 9.76. The zero-order valence-electron chi connectivity index (χ0n) is 11.1. The minimum absolute atomic E-state index is 0.118. The van der Waals surface area contributed by atoms with Crippen molar-refractivity contribution in [3.05, 3.63) is 42.0 Å². The monoisotopic (exact) mass is 278 g/mol. The lowest BCUT2D eigenvalue weighted by Gasteiger charge is -2.11. The molecule has 19 heavy (non-hydrogen) atoms. The normalized spacial score (nSPS) is 14.3. The molecular weight excluding hydrogens is 260 g/mol. The fourth-order valence-electron chi connectivity index (χ4n) is 1.69. The molecule has 2 aromatic rings. The number of hydrogen-bond donors (Lipinski definition) is 1. The van der Waals surface area contributed by atoms with Gasteiger partial charge < -0.3 is 9.63 Å². The minimum atomic E-state index is -0.435. The third-order valence-electron chi connectivity index (χ3n) is 2.98. The van der Waals surface area contributed by atoms with Crippen molar-refractivity contribution in [2.24, 2.45) is 0 Å². The number of aliphatic hydroxyl groups is 1. The highest BCUT2D eigenvalue weighted by Crippen LogP contribution is 2.23. The van der Waals surface area contributed by atoms with Crippen molar-refractivity contribution in [2.75, 3.05) is 0 Å². The molecule has 2 atom stereocenters.